The van der Waals surface area contributed by atoms with E-state index in [4.69, 9.17) is 10.2 Å². The van der Waals surface area contributed by atoms with Crippen LogP contribution in [0.2, 0.25) is 0 Å². The third-order valence-corrected chi connectivity index (χ3v) is 0. The minimum atomic E-state index is -3.45. The third-order valence-electron chi connectivity index (χ3n) is 0. The van der Waals surface area contributed by atoms with Gasteiger partial charge in [0.25, 0.3) is 0 Å². The molecule has 0 saturated carbocycles. The minimum absolute atomic E-state index is 0. The second kappa shape index (κ2) is 5.18. The van der Waals surface area contributed by atoms with Crippen molar-refractivity contribution in [1.82, 2.24) is 0 Å². The van der Waals surface area contributed by atoms with Crippen LogP contribution >= 0.6 is 17.0 Å². The predicted octanol–water partition coefficient (Wildman–Crippen LogP) is -1.47. The molecule has 0 aliphatic heterocycles. The van der Waals surface area contributed by atoms with Gasteiger partial charge in [-0.15, -0.1) is 17.0 Å². The van der Waals surface area contributed by atoms with E-state index in [9.17, 15) is 0 Å². The van der Waals surface area contributed by atoms with Crippen LogP contribution in [0.25, 0.3) is 0 Å². The monoisotopic (exact) mass is 252 g/mol. The Morgan fingerprint density at radius 2 is 1.00 bits per heavy atom. The Bertz CT molecular complexity index is 11.6. The molecular weight excluding hydrogens is 250 g/mol. The van der Waals surface area contributed by atoms with Gasteiger partial charge in [-0.3, -0.25) is 0 Å². The van der Waals surface area contributed by atoms with Crippen molar-refractivity contribution in [3.8, 4) is 0 Å². The first-order valence-corrected chi connectivity index (χ1v) is 4.02. The molecule has 0 heterocycles. The van der Waals surface area contributed by atoms with Gasteiger partial charge in [-0.1, -0.05) is 0 Å². The maximum atomic E-state index is 7.35. The molecular formula is H4BrO3Sb. The summed E-state index contributed by atoms with van der Waals surface area (Å²) < 4.78 is 22.0. The number of hydrogen-bond acceptors (Lipinski definition) is 3. The van der Waals surface area contributed by atoms with Gasteiger partial charge < -0.3 is 0 Å². The topological polar surface area (TPSA) is 60.7 Å². The first-order valence-electron chi connectivity index (χ1n) is 0.600. The van der Waals surface area contributed by atoms with Gasteiger partial charge >= 0.3 is 31.6 Å². The number of rotatable bonds is 0. The van der Waals surface area contributed by atoms with Gasteiger partial charge in [0.05, 0.1) is 0 Å². The predicted molar refractivity (Wildman–Crippen MR) is 22.7 cm³/mol. The molecule has 0 bridgehead atoms. The Morgan fingerprint density at radius 3 is 1.00 bits per heavy atom. The molecule has 0 spiro atoms. The van der Waals surface area contributed by atoms with E-state index < -0.39 is 21.5 Å². The molecule has 0 fully saturated rings. The van der Waals surface area contributed by atoms with Gasteiger partial charge in [0, 0.05) is 0 Å². The SMILES string of the molecule is Br.[OH][Sb]([OH])[OH]. The van der Waals surface area contributed by atoms with E-state index in [0.717, 1.165) is 0 Å². The molecule has 0 aromatic carbocycles. The Labute approximate surface area is 48.7 Å². The van der Waals surface area contributed by atoms with Crippen molar-refractivity contribution in [3.05, 3.63) is 0 Å². The second-order valence-corrected chi connectivity index (χ2v) is 1.80. The zero-order chi connectivity index (χ0) is 3.58. The van der Waals surface area contributed by atoms with Gasteiger partial charge in [0.2, 0.25) is 0 Å². The first-order chi connectivity index (χ1) is 1.73. The quantitative estimate of drug-likeness (QED) is 0.462. The van der Waals surface area contributed by atoms with Crippen LogP contribution in [0.3, 0.4) is 0 Å². The van der Waals surface area contributed by atoms with Crippen molar-refractivity contribution >= 4 is 38.5 Å². The fourth-order valence-electron chi connectivity index (χ4n) is 0. The van der Waals surface area contributed by atoms with Gasteiger partial charge in [-0.25, -0.2) is 0 Å². The Balaban J connectivity index is 0. The molecule has 0 aromatic heterocycles. The molecule has 0 radical (unpaired) electrons. The van der Waals surface area contributed by atoms with Crippen molar-refractivity contribution in [1.29, 1.82) is 0 Å². The van der Waals surface area contributed by atoms with Crippen LogP contribution in [0, 0.1) is 0 Å². The van der Waals surface area contributed by atoms with E-state index in [1.54, 1.807) is 0 Å². The van der Waals surface area contributed by atoms with E-state index in [1.807, 2.05) is 0 Å². The molecule has 0 saturated heterocycles. The standard InChI is InChI=1S/BrH.3H2O.Sb/h1H;3*1H2;/q;;;;+3/p-3. The normalized spacial score (nSPS) is 7.20. The molecule has 3 N–H and O–H groups in total. The fraction of sp³-hybridized carbons (Fsp3) is 0. The van der Waals surface area contributed by atoms with Crippen molar-refractivity contribution in [2.45, 2.75) is 0 Å². The van der Waals surface area contributed by atoms with Crippen LogP contribution in [-0.2, 0) is 0 Å². The fourth-order valence-corrected chi connectivity index (χ4v) is 0. The van der Waals surface area contributed by atoms with Crippen LogP contribution < -0.4 is 0 Å². The average Bonchev–Trinajstić information content (AvgIpc) is 0.811. The molecule has 0 atom stereocenters. The van der Waals surface area contributed by atoms with E-state index in [0.29, 0.717) is 0 Å². The molecule has 0 amide bonds. The Morgan fingerprint density at radius 1 is 1.00 bits per heavy atom. The van der Waals surface area contributed by atoms with Crippen molar-refractivity contribution in [3.63, 3.8) is 0 Å². The molecule has 0 aliphatic carbocycles. The van der Waals surface area contributed by atoms with Gasteiger partial charge in [-0.05, 0) is 0 Å². The van der Waals surface area contributed by atoms with Crippen molar-refractivity contribution in [2.24, 2.45) is 0 Å². The summed E-state index contributed by atoms with van der Waals surface area (Å²) in [6.45, 7) is 0. The summed E-state index contributed by atoms with van der Waals surface area (Å²) in [5, 5.41) is 0. The summed E-state index contributed by atoms with van der Waals surface area (Å²) in [4.78, 5) is 0. The van der Waals surface area contributed by atoms with Gasteiger partial charge in [0.1, 0.15) is 0 Å². The molecule has 0 aliphatic rings. The molecule has 5 heteroatoms. The van der Waals surface area contributed by atoms with Crippen LogP contribution in [0.1, 0.15) is 0 Å². The molecule has 0 rings (SSSR count). The van der Waals surface area contributed by atoms with E-state index in [1.165, 1.54) is 0 Å². The van der Waals surface area contributed by atoms with Crippen molar-refractivity contribution < 1.29 is 10.2 Å². The van der Waals surface area contributed by atoms with E-state index in [-0.39, 0.29) is 17.0 Å². The summed E-state index contributed by atoms with van der Waals surface area (Å²) >= 11 is -3.45. The van der Waals surface area contributed by atoms with E-state index >= 15 is 0 Å². The number of halogens is 1. The summed E-state index contributed by atoms with van der Waals surface area (Å²) in [6, 6.07) is 0. The Hall–Kier alpha value is 1.18. The second-order valence-electron chi connectivity index (χ2n) is 0.268. The van der Waals surface area contributed by atoms with Crippen LogP contribution in [0.15, 0.2) is 0 Å². The zero-order valence-electron chi connectivity index (χ0n) is 2.20. The summed E-state index contributed by atoms with van der Waals surface area (Å²) in [5.74, 6) is 0. The molecule has 0 aromatic rings. The molecule has 0 unspecified atom stereocenters. The summed E-state index contributed by atoms with van der Waals surface area (Å²) in [7, 11) is 0. The van der Waals surface area contributed by atoms with E-state index in [2.05, 4.69) is 0 Å². The summed E-state index contributed by atoms with van der Waals surface area (Å²) in [6.07, 6.45) is 0. The van der Waals surface area contributed by atoms with Crippen LogP contribution in [0.4, 0.5) is 0 Å². The van der Waals surface area contributed by atoms with Crippen LogP contribution in [0.5, 0.6) is 0 Å². The van der Waals surface area contributed by atoms with Crippen LogP contribution in [-0.4, -0.2) is 31.6 Å². The van der Waals surface area contributed by atoms with Gasteiger partial charge in [-0.2, -0.15) is 0 Å². The number of hydrogen-bond donors (Lipinski definition) is 3. The molecule has 5 heavy (non-hydrogen) atoms. The summed E-state index contributed by atoms with van der Waals surface area (Å²) in [5.41, 5.74) is 0. The average molecular weight is 254 g/mol. The van der Waals surface area contributed by atoms with Crippen molar-refractivity contribution in [2.75, 3.05) is 0 Å². The maximum absolute atomic E-state index is 7.35. The Kier molecular flexibility index (Phi) is 9.83. The van der Waals surface area contributed by atoms with Gasteiger partial charge in [0.15, 0.2) is 0 Å². The molecule has 34 valence electrons. The molecule has 3 nitrogen and oxygen atoms in total. The zero-order valence-corrected chi connectivity index (χ0v) is 6.46. The first kappa shape index (κ1) is 9.49. The third kappa shape index (κ3) is 37.7.